The molecule has 1 aliphatic rings. The molecule has 33 heavy (non-hydrogen) atoms. The Kier molecular flexibility index (Phi) is 6.64. The van der Waals surface area contributed by atoms with E-state index in [-0.39, 0.29) is 24.1 Å². The van der Waals surface area contributed by atoms with Gasteiger partial charge in [-0.05, 0) is 41.5 Å². The summed E-state index contributed by atoms with van der Waals surface area (Å²) in [5.41, 5.74) is 3.82. The molecule has 0 unspecified atom stereocenters. The maximum atomic E-state index is 13.1. The van der Waals surface area contributed by atoms with Crippen molar-refractivity contribution in [2.75, 3.05) is 23.4 Å². The van der Waals surface area contributed by atoms with Crippen LogP contribution in [0.4, 0.5) is 11.4 Å². The molecule has 6 heteroatoms. The molecule has 0 aliphatic carbocycles. The number of carbonyl (C=O) groups excluding carboxylic acids is 3. The van der Waals surface area contributed by atoms with Crippen LogP contribution in [-0.4, -0.2) is 31.3 Å². The Balaban J connectivity index is 1.57. The molecule has 6 nitrogen and oxygen atoms in total. The molecule has 0 bridgehead atoms. The number of anilines is 2. The average Bonchev–Trinajstić information content (AvgIpc) is 3.00. The van der Waals surface area contributed by atoms with Crippen LogP contribution < -0.4 is 15.1 Å². The highest BCUT2D eigenvalue weighted by Crippen LogP contribution is 2.34. The van der Waals surface area contributed by atoms with Crippen LogP contribution in [0.2, 0.25) is 0 Å². The number of amides is 3. The van der Waals surface area contributed by atoms with E-state index in [1.165, 1.54) is 6.08 Å². The van der Waals surface area contributed by atoms with Crippen molar-refractivity contribution in [1.82, 2.24) is 5.32 Å². The number of hydrogen-bond donors (Lipinski definition) is 1. The van der Waals surface area contributed by atoms with Gasteiger partial charge in [0, 0.05) is 31.7 Å². The molecule has 1 heterocycles. The fraction of sp³-hybridized carbons (Fsp3) is 0.148. The van der Waals surface area contributed by atoms with E-state index in [9.17, 15) is 14.4 Å². The van der Waals surface area contributed by atoms with E-state index in [1.807, 2.05) is 54.6 Å². The van der Waals surface area contributed by atoms with Gasteiger partial charge < -0.3 is 15.1 Å². The van der Waals surface area contributed by atoms with Crippen LogP contribution in [0, 0.1) is 0 Å². The Hall–Kier alpha value is -4.19. The number of fused-ring (bicyclic) bond motifs is 1. The van der Waals surface area contributed by atoms with Crippen molar-refractivity contribution in [3.8, 4) is 0 Å². The second-order valence-electron chi connectivity index (χ2n) is 7.73. The molecule has 1 aliphatic heterocycles. The van der Waals surface area contributed by atoms with Crippen molar-refractivity contribution >= 4 is 35.2 Å². The van der Waals surface area contributed by atoms with E-state index in [1.54, 1.807) is 47.2 Å². The molecule has 3 amide bonds. The summed E-state index contributed by atoms with van der Waals surface area (Å²) in [4.78, 5) is 41.2. The summed E-state index contributed by atoms with van der Waals surface area (Å²) in [6.07, 6.45) is 3.46. The van der Waals surface area contributed by atoms with Gasteiger partial charge in [-0.15, -0.1) is 0 Å². The minimum atomic E-state index is -0.202. The van der Waals surface area contributed by atoms with Crippen LogP contribution in [0.25, 0.3) is 6.08 Å². The van der Waals surface area contributed by atoms with E-state index < -0.39 is 0 Å². The monoisotopic (exact) mass is 439 g/mol. The number of para-hydroxylation sites is 2. The van der Waals surface area contributed by atoms with Crippen molar-refractivity contribution in [2.45, 2.75) is 13.0 Å². The van der Waals surface area contributed by atoms with Gasteiger partial charge >= 0.3 is 0 Å². The summed E-state index contributed by atoms with van der Waals surface area (Å²) in [7, 11) is 1.58. The lowest BCUT2D eigenvalue weighted by molar-refractivity contribution is -0.118. The fourth-order valence-electron chi connectivity index (χ4n) is 3.83. The minimum absolute atomic E-state index is 0.0182. The summed E-state index contributed by atoms with van der Waals surface area (Å²) in [6.45, 7) is 0.756. The molecule has 0 saturated heterocycles. The molecule has 0 radical (unpaired) electrons. The highest BCUT2D eigenvalue weighted by molar-refractivity contribution is 6.09. The molecule has 3 aromatic rings. The van der Waals surface area contributed by atoms with Crippen LogP contribution in [0.3, 0.4) is 0 Å². The Morgan fingerprint density at radius 2 is 1.58 bits per heavy atom. The molecule has 0 spiro atoms. The van der Waals surface area contributed by atoms with E-state index in [0.29, 0.717) is 24.3 Å². The summed E-state index contributed by atoms with van der Waals surface area (Å²) < 4.78 is 0. The SMILES string of the molecule is CNC(=O)c1ccc(/C=C/C(=O)N2CCC(=O)N(Cc3ccccc3)c3ccccc32)cc1. The van der Waals surface area contributed by atoms with Crippen LogP contribution in [0.5, 0.6) is 0 Å². The maximum Gasteiger partial charge on any atom is 0.251 e. The molecular formula is C27H25N3O3. The van der Waals surface area contributed by atoms with Crippen molar-refractivity contribution < 1.29 is 14.4 Å². The lowest BCUT2D eigenvalue weighted by Crippen LogP contribution is -2.31. The lowest BCUT2D eigenvalue weighted by atomic mass is 10.1. The number of nitrogens with one attached hydrogen (secondary N) is 1. The van der Waals surface area contributed by atoms with Gasteiger partial charge in [0.15, 0.2) is 0 Å². The van der Waals surface area contributed by atoms with Crippen LogP contribution >= 0.6 is 0 Å². The third kappa shape index (κ3) is 5.01. The number of nitrogens with zero attached hydrogens (tertiary/aromatic N) is 2. The van der Waals surface area contributed by atoms with Crippen molar-refractivity contribution in [3.05, 3.63) is 102 Å². The number of carbonyl (C=O) groups is 3. The van der Waals surface area contributed by atoms with Gasteiger partial charge in [0.2, 0.25) is 5.91 Å². The number of hydrogen-bond acceptors (Lipinski definition) is 3. The second-order valence-corrected chi connectivity index (χ2v) is 7.73. The van der Waals surface area contributed by atoms with Crippen molar-refractivity contribution in [1.29, 1.82) is 0 Å². The largest absolute Gasteiger partial charge is 0.355 e. The smallest absolute Gasteiger partial charge is 0.251 e. The second kappa shape index (κ2) is 9.96. The Bertz CT molecular complexity index is 1190. The Morgan fingerprint density at radius 1 is 0.909 bits per heavy atom. The molecule has 0 fully saturated rings. The van der Waals surface area contributed by atoms with Gasteiger partial charge in [-0.3, -0.25) is 14.4 Å². The molecule has 166 valence electrons. The van der Waals surface area contributed by atoms with Gasteiger partial charge in [-0.25, -0.2) is 0 Å². The van der Waals surface area contributed by atoms with Gasteiger partial charge in [-0.1, -0.05) is 54.6 Å². The van der Waals surface area contributed by atoms with E-state index in [0.717, 1.165) is 16.8 Å². The minimum Gasteiger partial charge on any atom is -0.355 e. The molecule has 1 N–H and O–H groups in total. The van der Waals surface area contributed by atoms with Crippen LogP contribution in [0.15, 0.2) is 84.9 Å². The average molecular weight is 440 g/mol. The molecular weight excluding hydrogens is 414 g/mol. The number of benzene rings is 3. The first kappa shape index (κ1) is 22.0. The van der Waals surface area contributed by atoms with E-state index >= 15 is 0 Å². The first-order chi connectivity index (χ1) is 16.1. The summed E-state index contributed by atoms with van der Waals surface area (Å²) in [5.74, 6) is -0.380. The van der Waals surface area contributed by atoms with Gasteiger partial charge in [0.25, 0.3) is 11.8 Å². The number of rotatable bonds is 5. The molecule has 0 saturated carbocycles. The third-order valence-corrected chi connectivity index (χ3v) is 5.58. The summed E-state index contributed by atoms with van der Waals surface area (Å²) >= 11 is 0. The quantitative estimate of drug-likeness (QED) is 0.611. The predicted molar refractivity (Wildman–Crippen MR) is 130 cm³/mol. The zero-order valence-electron chi connectivity index (χ0n) is 18.4. The topological polar surface area (TPSA) is 69.7 Å². The molecule has 0 atom stereocenters. The Morgan fingerprint density at radius 3 is 2.27 bits per heavy atom. The normalized spacial score (nSPS) is 13.5. The van der Waals surface area contributed by atoms with Crippen molar-refractivity contribution in [2.24, 2.45) is 0 Å². The molecule has 4 rings (SSSR count). The Labute approximate surface area is 193 Å². The summed E-state index contributed by atoms with van der Waals surface area (Å²) in [5, 5.41) is 2.58. The summed E-state index contributed by atoms with van der Waals surface area (Å²) in [6, 6.07) is 24.3. The zero-order chi connectivity index (χ0) is 23.2. The predicted octanol–water partition coefficient (Wildman–Crippen LogP) is 4.03. The molecule has 0 aromatic heterocycles. The first-order valence-corrected chi connectivity index (χ1v) is 10.8. The third-order valence-electron chi connectivity index (χ3n) is 5.58. The van der Waals surface area contributed by atoms with Crippen LogP contribution in [-0.2, 0) is 16.1 Å². The first-order valence-electron chi connectivity index (χ1n) is 10.8. The van der Waals surface area contributed by atoms with Gasteiger partial charge in [0.05, 0.1) is 17.9 Å². The fourth-order valence-corrected chi connectivity index (χ4v) is 3.83. The maximum absolute atomic E-state index is 13.1. The van der Waals surface area contributed by atoms with E-state index in [4.69, 9.17) is 0 Å². The standard InChI is InChI=1S/C27H25N3O3/c1-28-27(33)22-14-11-20(12-15-22)13-16-25(31)29-18-17-26(32)30(19-21-7-3-2-4-8-21)24-10-6-5-9-23(24)29/h2-16H,17-19H2,1H3,(H,28,33)/b16-13+. The zero-order valence-corrected chi connectivity index (χ0v) is 18.4. The van der Waals surface area contributed by atoms with Crippen molar-refractivity contribution in [3.63, 3.8) is 0 Å². The van der Waals surface area contributed by atoms with Crippen LogP contribution in [0.1, 0.15) is 27.9 Å². The highest BCUT2D eigenvalue weighted by Gasteiger charge is 2.28. The van der Waals surface area contributed by atoms with E-state index in [2.05, 4.69) is 5.32 Å². The van der Waals surface area contributed by atoms with Gasteiger partial charge in [-0.2, -0.15) is 0 Å². The molecule has 3 aromatic carbocycles. The lowest BCUT2D eigenvalue weighted by Gasteiger charge is -2.25. The highest BCUT2D eigenvalue weighted by atomic mass is 16.2. The van der Waals surface area contributed by atoms with Gasteiger partial charge in [0.1, 0.15) is 0 Å².